The number of piperazine rings is 1. The number of amides is 2. The zero-order valence-corrected chi connectivity index (χ0v) is 15.7. The van der Waals surface area contributed by atoms with Gasteiger partial charge in [0, 0.05) is 26.2 Å². The maximum atomic E-state index is 12.2. The third kappa shape index (κ3) is 5.09. The van der Waals surface area contributed by atoms with E-state index in [1.54, 1.807) is 36.3 Å². The lowest BCUT2D eigenvalue weighted by Gasteiger charge is -2.32. The van der Waals surface area contributed by atoms with E-state index in [1.807, 2.05) is 17.0 Å². The van der Waals surface area contributed by atoms with Crippen molar-refractivity contribution < 1.29 is 19.1 Å². The van der Waals surface area contributed by atoms with E-state index < -0.39 is 0 Å². The molecule has 1 aliphatic heterocycles. The van der Waals surface area contributed by atoms with Gasteiger partial charge in [-0.25, -0.2) is 0 Å². The van der Waals surface area contributed by atoms with Crippen molar-refractivity contribution in [3.63, 3.8) is 0 Å². The molecule has 0 spiro atoms. The Balaban J connectivity index is 1.42. The molecule has 9 heteroatoms. The molecule has 0 bridgehead atoms. The predicted molar refractivity (Wildman–Crippen MR) is 103 cm³/mol. The Bertz CT molecular complexity index is 774. The van der Waals surface area contributed by atoms with Crippen molar-refractivity contribution in [3.05, 3.63) is 42.1 Å². The van der Waals surface area contributed by atoms with Crippen molar-refractivity contribution in [2.24, 2.45) is 0 Å². The van der Waals surface area contributed by atoms with Crippen LogP contribution in [0.5, 0.6) is 11.5 Å². The summed E-state index contributed by atoms with van der Waals surface area (Å²) in [6.07, 6.45) is 0.856. The number of methoxy groups -OCH3 is 1. The second kappa shape index (κ2) is 9.54. The van der Waals surface area contributed by atoms with E-state index in [-0.39, 0.29) is 11.6 Å². The van der Waals surface area contributed by atoms with Crippen LogP contribution in [0.4, 0.5) is 5.82 Å². The molecule has 2 aromatic rings. The van der Waals surface area contributed by atoms with Crippen molar-refractivity contribution in [1.29, 1.82) is 0 Å². The van der Waals surface area contributed by atoms with E-state index >= 15 is 0 Å². The number of anilines is 1. The zero-order chi connectivity index (χ0) is 19.8. The van der Waals surface area contributed by atoms with Gasteiger partial charge in [0.15, 0.2) is 11.5 Å². The molecule has 28 heavy (non-hydrogen) atoms. The van der Waals surface area contributed by atoms with E-state index in [9.17, 15) is 9.59 Å². The number of nitrogens with zero attached hydrogens (tertiary/aromatic N) is 4. The first-order valence-corrected chi connectivity index (χ1v) is 9.02. The molecule has 1 fully saturated rings. The molecular weight excluding hydrogens is 362 g/mol. The highest BCUT2D eigenvalue weighted by Crippen LogP contribution is 2.16. The number of benzene rings is 1. The maximum Gasteiger partial charge on any atom is 0.271 e. The average molecular weight is 385 g/mol. The first-order valence-electron chi connectivity index (χ1n) is 9.02. The van der Waals surface area contributed by atoms with Crippen LogP contribution >= 0.6 is 0 Å². The highest BCUT2D eigenvalue weighted by Gasteiger charge is 2.17. The predicted octanol–water partition coefficient (Wildman–Crippen LogP) is 0.572. The van der Waals surface area contributed by atoms with E-state index in [4.69, 9.17) is 9.47 Å². The van der Waals surface area contributed by atoms with Crippen LogP contribution in [0.25, 0.3) is 0 Å². The van der Waals surface area contributed by atoms with Gasteiger partial charge in [0.1, 0.15) is 18.1 Å². The highest BCUT2D eigenvalue weighted by atomic mass is 16.5. The van der Waals surface area contributed by atoms with Gasteiger partial charge in [-0.15, -0.1) is 10.2 Å². The number of aromatic nitrogens is 2. The van der Waals surface area contributed by atoms with Crippen LogP contribution in [0, 0.1) is 0 Å². The second-order valence-corrected chi connectivity index (χ2v) is 6.19. The minimum absolute atomic E-state index is 0.250. The van der Waals surface area contributed by atoms with Gasteiger partial charge in [0.25, 0.3) is 5.91 Å². The largest absolute Gasteiger partial charge is 0.497 e. The Morgan fingerprint density at radius 1 is 1.07 bits per heavy atom. The van der Waals surface area contributed by atoms with Crippen molar-refractivity contribution in [2.45, 2.75) is 0 Å². The standard InChI is InChI=1S/C19H23N5O4/c1-27-15-2-4-16(5-3-15)28-13-8-20-19(26)17-6-7-18(22-21-17)24-11-9-23(14-25)10-12-24/h2-7,14H,8-13H2,1H3,(H,20,26). The highest BCUT2D eigenvalue weighted by molar-refractivity contribution is 5.92. The first-order chi connectivity index (χ1) is 13.7. The van der Waals surface area contributed by atoms with Gasteiger partial charge in [-0.1, -0.05) is 0 Å². The summed E-state index contributed by atoms with van der Waals surface area (Å²) in [4.78, 5) is 26.7. The quantitative estimate of drug-likeness (QED) is 0.524. The van der Waals surface area contributed by atoms with Gasteiger partial charge < -0.3 is 24.6 Å². The van der Waals surface area contributed by atoms with E-state index in [2.05, 4.69) is 15.5 Å². The van der Waals surface area contributed by atoms with Gasteiger partial charge in [0.2, 0.25) is 6.41 Å². The summed E-state index contributed by atoms with van der Waals surface area (Å²) >= 11 is 0. The number of rotatable bonds is 8. The molecular formula is C19H23N5O4. The molecule has 2 heterocycles. The van der Waals surface area contributed by atoms with E-state index in [0.717, 1.165) is 12.2 Å². The Morgan fingerprint density at radius 3 is 2.39 bits per heavy atom. The van der Waals surface area contributed by atoms with Crippen LogP contribution in [-0.2, 0) is 4.79 Å². The Kier molecular flexibility index (Phi) is 6.61. The fourth-order valence-electron chi connectivity index (χ4n) is 2.77. The lowest BCUT2D eigenvalue weighted by molar-refractivity contribution is -0.118. The third-order valence-corrected chi connectivity index (χ3v) is 4.39. The summed E-state index contributed by atoms with van der Waals surface area (Å²) in [5.74, 6) is 1.86. The molecule has 1 aromatic carbocycles. The summed E-state index contributed by atoms with van der Waals surface area (Å²) in [6.45, 7) is 3.39. The molecule has 9 nitrogen and oxygen atoms in total. The normalized spacial score (nSPS) is 13.8. The summed E-state index contributed by atoms with van der Waals surface area (Å²) in [5.41, 5.74) is 0.250. The fraction of sp³-hybridized carbons (Fsp3) is 0.368. The zero-order valence-electron chi connectivity index (χ0n) is 15.7. The lowest BCUT2D eigenvalue weighted by atomic mass is 10.3. The maximum absolute atomic E-state index is 12.2. The molecule has 0 atom stereocenters. The number of nitrogens with one attached hydrogen (secondary N) is 1. The van der Waals surface area contributed by atoms with Gasteiger partial charge in [0.05, 0.1) is 13.7 Å². The monoisotopic (exact) mass is 385 g/mol. The number of carbonyl (C=O) groups is 2. The Hall–Kier alpha value is -3.36. The molecule has 1 N–H and O–H groups in total. The number of ether oxygens (including phenoxy) is 2. The Labute approximate surface area is 163 Å². The SMILES string of the molecule is COc1ccc(OCCNC(=O)c2ccc(N3CCN(C=O)CC3)nn2)cc1. The summed E-state index contributed by atoms with van der Waals surface area (Å²) in [7, 11) is 1.61. The van der Waals surface area contributed by atoms with Gasteiger partial charge in [-0.2, -0.15) is 0 Å². The second-order valence-electron chi connectivity index (χ2n) is 6.19. The summed E-state index contributed by atoms with van der Waals surface area (Å²) < 4.78 is 10.7. The van der Waals surface area contributed by atoms with Gasteiger partial charge in [-0.05, 0) is 36.4 Å². The molecule has 0 radical (unpaired) electrons. The molecule has 1 aromatic heterocycles. The number of carbonyl (C=O) groups excluding carboxylic acids is 2. The topological polar surface area (TPSA) is 96.9 Å². The fourth-order valence-corrected chi connectivity index (χ4v) is 2.77. The molecule has 0 aliphatic carbocycles. The summed E-state index contributed by atoms with van der Waals surface area (Å²) in [5, 5.41) is 10.9. The van der Waals surface area contributed by atoms with Crippen LogP contribution in [0.2, 0.25) is 0 Å². The van der Waals surface area contributed by atoms with Gasteiger partial charge >= 0.3 is 0 Å². The third-order valence-electron chi connectivity index (χ3n) is 4.39. The first kappa shape index (κ1) is 19.4. The van der Waals surface area contributed by atoms with Crippen molar-refractivity contribution in [2.75, 3.05) is 51.3 Å². The van der Waals surface area contributed by atoms with Crippen molar-refractivity contribution in [1.82, 2.24) is 20.4 Å². The molecule has 1 saturated heterocycles. The lowest BCUT2D eigenvalue weighted by Crippen LogP contribution is -2.46. The Morgan fingerprint density at radius 2 is 1.79 bits per heavy atom. The molecule has 0 unspecified atom stereocenters. The van der Waals surface area contributed by atoms with Crippen LogP contribution in [0.1, 0.15) is 10.5 Å². The molecule has 2 amide bonds. The van der Waals surface area contributed by atoms with Crippen LogP contribution in [0.15, 0.2) is 36.4 Å². The molecule has 0 saturated carbocycles. The smallest absolute Gasteiger partial charge is 0.271 e. The van der Waals surface area contributed by atoms with E-state index in [1.165, 1.54) is 0 Å². The van der Waals surface area contributed by atoms with Crippen LogP contribution in [-0.4, -0.2) is 73.9 Å². The minimum atomic E-state index is -0.303. The van der Waals surface area contributed by atoms with Crippen molar-refractivity contribution >= 4 is 18.1 Å². The van der Waals surface area contributed by atoms with Crippen LogP contribution < -0.4 is 19.7 Å². The average Bonchev–Trinajstić information content (AvgIpc) is 2.77. The molecule has 148 valence electrons. The number of hydrogen-bond donors (Lipinski definition) is 1. The van der Waals surface area contributed by atoms with E-state index in [0.29, 0.717) is 50.9 Å². The minimum Gasteiger partial charge on any atom is -0.497 e. The van der Waals surface area contributed by atoms with Gasteiger partial charge in [-0.3, -0.25) is 9.59 Å². The number of hydrogen-bond acceptors (Lipinski definition) is 7. The summed E-state index contributed by atoms with van der Waals surface area (Å²) in [6, 6.07) is 10.6. The molecule has 3 rings (SSSR count). The molecule has 1 aliphatic rings. The van der Waals surface area contributed by atoms with Crippen LogP contribution in [0.3, 0.4) is 0 Å². The van der Waals surface area contributed by atoms with Crippen molar-refractivity contribution in [3.8, 4) is 11.5 Å².